The summed E-state index contributed by atoms with van der Waals surface area (Å²) in [6, 6.07) is 3.76. The highest BCUT2D eigenvalue weighted by Crippen LogP contribution is 2.20. The van der Waals surface area contributed by atoms with E-state index in [-0.39, 0.29) is 5.91 Å². The SMILES string of the molecule is O=C(CCCCCl)NCc1ccc(Cl)s1. The molecule has 2 nitrogen and oxygen atoms in total. The Morgan fingerprint density at radius 3 is 2.80 bits per heavy atom. The molecule has 0 saturated carbocycles. The number of alkyl halides is 1. The maximum absolute atomic E-state index is 11.3. The third kappa shape index (κ3) is 5.40. The molecule has 0 aliphatic heterocycles. The van der Waals surface area contributed by atoms with Crippen LogP contribution in [0.2, 0.25) is 4.34 Å². The Morgan fingerprint density at radius 1 is 1.40 bits per heavy atom. The van der Waals surface area contributed by atoms with Gasteiger partial charge in [-0.1, -0.05) is 11.6 Å². The summed E-state index contributed by atoms with van der Waals surface area (Å²) in [6.07, 6.45) is 2.28. The van der Waals surface area contributed by atoms with Crippen LogP contribution in [0, 0.1) is 0 Å². The van der Waals surface area contributed by atoms with Gasteiger partial charge in [-0.25, -0.2) is 0 Å². The summed E-state index contributed by atoms with van der Waals surface area (Å²) in [5, 5.41) is 2.84. The monoisotopic (exact) mass is 265 g/mol. The van der Waals surface area contributed by atoms with Gasteiger partial charge in [-0.05, 0) is 25.0 Å². The second-order valence-electron chi connectivity index (χ2n) is 3.13. The van der Waals surface area contributed by atoms with Crippen molar-refractivity contribution in [2.45, 2.75) is 25.8 Å². The quantitative estimate of drug-likeness (QED) is 0.620. The predicted octanol–water partition coefficient (Wildman–Crippen LogP) is 3.43. The Morgan fingerprint density at radius 2 is 2.20 bits per heavy atom. The van der Waals surface area contributed by atoms with Crippen molar-refractivity contribution in [3.05, 3.63) is 21.3 Å². The number of carbonyl (C=O) groups is 1. The zero-order chi connectivity index (χ0) is 11.1. The molecule has 0 aliphatic carbocycles. The molecule has 0 atom stereocenters. The summed E-state index contributed by atoms with van der Waals surface area (Å²) < 4.78 is 0.751. The molecule has 1 aromatic rings. The van der Waals surface area contributed by atoms with Crippen molar-refractivity contribution in [3.63, 3.8) is 0 Å². The van der Waals surface area contributed by atoms with Crippen LogP contribution in [0.1, 0.15) is 24.1 Å². The molecular weight excluding hydrogens is 253 g/mol. The van der Waals surface area contributed by atoms with E-state index >= 15 is 0 Å². The molecule has 1 N–H and O–H groups in total. The van der Waals surface area contributed by atoms with E-state index < -0.39 is 0 Å². The number of carbonyl (C=O) groups excluding carboxylic acids is 1. The Kier molecular flexibility index (Phi) is 6.06. The van der Waals surface area contributed by atoms with E-state index in [1.54, 1.807) is 0 Å². The Hall–Kier alpha value is -0.250. The van der Waals surface area contributed by atoms with Gasteiger partial charge in [-0.3, -0.25) is 4.79 Å². The van der Waals surface area contributed by atoms with Gasteiger partial charge in [-0.2, -0.15) is 0 Å². The smallest absolute Gasteiger partial charge is 0.220 e. The average Bonchev–Trinajstić information content (AvgIpc) is 2.62. The van der Waals surface area contributed by atoms with E-state index in [1.807, 2.05) is 12.1 Å². The number of hydrogen-bond donors (Lipinski definition) is 1. The highest BCUT2D eigenvalue weighted by Gasteiger charge is 2.02. The predicted molar refractivity (Wildman–Crippen MR) is 65.7 cm³/mol. The molecule has 15 heavy (non-hydrogen) atoms. The lowest BCUT2D eigenvalue weighted by molar-refractivity contribution is -0.121. The van der Waals surface area contributed by atoms with E-state index in [2.05, 4.69) is 5.32 Å². The van der Waals surface area contributed by atoms with Crippen molar-refractivity contribution in [1.29, 1.82) is 0 Å². The lowest BCUT2D eigenvalue weighted by Gasteiger charge is -2.02. The number of rotatable bonds is 6. The summed E-state index contributed by atoms with van der Waals surface area (Å²) in [6.45, 7) is 0.567. The molecule has 0 bridgehead atoms. The molecule has 0 unspecified atom stereocenters. The van der Waals surface area contributed by atoms with Gasteiger partial charge in [0.2, 0.25) is 5.91 Å². The lowest BCUT2D eigenvalue weighted by atomic mass is 10.2. The summed E-state index contributed by atoms with van der Waals surface area (Å²) in [5.41, 5.74) is 0. The molecule has 0 saturated heterocycles. The highest BCUT2D eigenvalue weighted by molar-refractivity contribution is 7.16. The standard InChI is InChI=1S/C10H13Cl2NOS/c11-6-2-1-3-10(14)13-7-8-4-5-9(12)15-8/h4-5H,1-3,6-7H2,(H,13,14). The maximum Gasteiger partial charge on any atom is 0.220 e. The summed E-state index contributed by atoms with van der Waals surface area (Å²) >= 11 is 12.8. The van der Waals surface area contributed by atoms with Gasteiger partial charge in [0.25, 0.3) is 0 Å². The highest BCUT2D eigenvalue weighted by atomic mass is 35.5. The molecule has 0 aliphatic rings. The van der Waals surface area contributed by atoms with Crippen LogP contribution in [0.4, 0.5) is 0 Å². The minimum atomic E-state index is 0.0737. The first-order valence-electron chi connectivity index (χ1n) is 4.79. The second kappa shape index (κ2) is 7.09. The first-order chi connectivity index (χ1) is 7.22. The molecule has 0 aromatic carbocycles. The Balaban J connectivity index is 2.16. The van der Waals surface area contributed by atoms with Gasteiger partial charge in [0.1, 0.15) is 0 Å². The van der Waals surface area contributed by atoms with Crippen LogP contribution in [0.25, 0.3) is 0 Å². The second-order valence-corrected chi connectivity index (χ2v) is 5.31. The fraction of sp³-hybridized carbons (Fsp3) is 0.500. The minimum Gasteiger partial charge on any atom is -0.351 e. The largest absolute Gasteiger partial charge is 0.351 e. The Labute approximate surface area is 104 Å². The van der Waals surface area contributed by atoms with Crippen molar-refractivity contribution in [3.8, 4) is 0 Å². The number of halogens is 2. The van der Waals surface area contributed by atoms with Crippen LogP contribution in [-0.4, -0.2) is 11.8 Å². The molecule has 1 heterocycles. The van der Waals surface area contributed by atoms with Crippen molar-refractivity contribution < 1.29 is 4.79 Å². The van der Waals surface area contributed by atoms with Gasteiger partial charge in [-0.15, -0.1) is 22.9 Å². The van der Waals surface area contributed by atoms with E-state index in [9.17, 15) is 4.79 Å². The topological polar surface area (TPSA) is 29.1 Å². The fourth-order valence-corrected chi connectivity index (χ4v) is 2.32. The number of thiophene rings is 1. The number of hydrogen-bond acceptors (Lipinski definition) is 2. The number of unbranched alkanes of at least 4 members (excludes halogenated alkanes) is 1. The van der Waals surface area contributed by atoms with Gasteiger partial charge in [0, 0.05) is 17.2 Å². The third-order valence-electron chi connectivity index (χ3n) is 1.88. The maximum atomic E-state index is 11.3. The lowest BCUT2D eigenvalue weighted by Crippen LogP contribution is -2.21. The normalized spacial score (nSPS) is 10.3. The average molecular weight is 266 g/mol. The van der Waals surface area contributed by atoms with Gasteiger partial charge < -0.3 is 5.32 Å². The number of amides is 1. The van der Waals surface area contributed by atoms with Crippen molar-refractivity contribution in [2.75, 3.05) is 5.88 Å². The Bertz CT molecular complexity index is 314. The van der Waals surface area contributed by atoms with Crippen LogP contribution < -0.4 is 5.32 Å². The first-order valence-corrected chi connectivity index (χ1v) is 6.52. The van der Waals surface area contributed by atoms with Crippen LogP contribution in [0.3, 0.4) is 0 Å². The molecule has 0 fully saturated rings. The van der Waals surface area contributed by atoms with Crippen LogP contribution in [0.15, 0.2) is 12.1 Å². The van der Waals surface area contributed by atoms with E-state index in [1.165, 1.54) is 11.3 Å². The summed E-state index contributed by atoms with van der Waals surface area (Å²) in [7, 11) is 0. The molecule has 1 rings (SSSR count). The van der Waals surface area contributed by atoms with Crippen LogP contribution in [-0.2, 0) is 11.3 Å². The third-order valence-corrected chi connectivity index (χ3v) is 3.37. The van der Waals surface area contributed by atoms with E-state index in [0.717, 1.165) is 22.1 Å². The van der Waals surface area contributed by atoms with Gasteiger partial charge >= 0.3 is 0 Å². The molecule has 1 amide bonds. The van der Waals surface area contributed by atoms with Crippen molar-refractivity contribution >= 4 is 40.4 Å². The molecular formula is C10H13Cl2NOS. The minimum absolute atomic E-state index is 0.0737. The van der Waals surface area contributed by atoms with Crippen LogP contribution >= 0.6 is 34.5 Å². The first kappa shape index (κ1) is 12.8. The fourth-order valence-electron chi connectivity index (χ4n) is 1.10. The van der Waals surface area contributed by atoms with E-state index in [0.29, 0.717) is 18.8 Å². The molecule has 1 aromatic heterocycles. The van der Waals surface area contributed by atoms with Crippen molar-refractivity contribution in [2.24, 2.45) is 0 Å². The molecule has 5 heteroatoms. The zero-order valence-corrected chi connectivity index (χ0v) is 10.6. The number of nitrogens with one attached hydrogen (secondary N) is 1. The van der Waals surface area contributed by atoms with Gasteiger partial charge in [0.05, 0.1) is 10.9 Å². The summed E-state index contributed by atoms with van der Waals surface area (Å²) in [5.74, 6) is 0.693. The van der Waals surface area contributed by atoms with Crippen LogP contribution in [0.5, 0.6) is 0 Å². The van der Waals surface area contributed by atoms with E-state index in [4.69, 9.17) is 23.2 Å². The zero-order valence-electron chi connectivity index (χ0n) is 8.26. The molecule has 0 spiro atoms. The molecule has 0 radical (unpaired) electrons. The van der Waals surface area contributed by atoms with Crippen molar-refractivity contribution in [1.82, 2.24) is 5.32 Å². The molecule has 84 valence electrons. The summed E-state index contributed by atoms with van der Waals surface area (Å²) in [4.78, 5) is 12.4. The van der Waals surface area contributed by atoms with Gasteiger partial charge in [0.15, 0.2) is 0 Å².